The number of allylic oxidation sites excluding steroid dienone is 2. The van der Waals surface area contributed by atoms with Crippen LogP contribution in [0.3, 0.4) is 0 Å². The molecule has 1 aromatic rings. The van der Waals surface area contributed by atoms with Gasteiger partial charge in [-0.1, -0.05) is 12.2 Å². The number of hydrogen-bond donors (Lipinski definition) is 0. The van der Waals surface area contributed by atoms with Crippen LogP contribution in [-0.4, -0.2) is 40.0 Å². The van der Waals surface area contributed by atoms with Gasteiger partial charge >= 0.3 is 0 Å². The summed E-state index contributed by atoms with van der Waals surface area (Å²) in [6, 6.07) is 1.77. The maximum atomic E-state index is 12.8. The fourth-order valence-electron chi connectivity index (χ4n) is 4.05. The van der Waals surface area contributed by atoms with Crippen LogP contribution in [0.2, 0.25) is 0 Å². The Hall–Kier alpha value is -1.91. The second-order valence-corrected chi connectivity index (χ2v) is 6.60. The van der Waals surface area contributed by atoms with Crippen LogP contribution < -0.4 is 4.74 Å². The van der Waals surface area contributed by atoms with Crippen LogP contribution in [0.5, 0.6) is 5.88 Å². The predicted octanol–water partition coefficient (Wildman–Crippen LogP) is 2.06. The van der Waals surface area contributed by atoms with Crippen LogP contribution in [0.4, 0.5) is 0 Å². The monoisotopic (exact) mass is 299 g/mol. The van der Waals surface area contributed by atoms with Crippen LogP contribution in [0.15, 0.2) is 30.7 Å². The molecule has 4 atom stereocenters. The highest BCUT2D eigenvalue weighted by atomic mass is 16.5. The molecule has 2 heterocycles. The molecule has 4 rings (SSSR count). The smallest absolute Gasteiger partial charge is 0.226 e. The molecule has 116 valence electrons. The molecule has 5 heteroatoms. The van der Waals surface area contributed by atoms with Crippen molar-refractivity contribution in [2.45, 2.75) is 31.8 Å². The summed E-state index contributed by atoms with van der Waals surface area (Å²) in [5.41, 5.74) is 0. The lowest BCUT2D eigenvalue weighted by Gasteiger charge is -2.35. The molecule has 22 heavy (non-hydrogen) atoms. The molecular weight excluding hydrogens is 278 g/mol. The second kappa shape index (κ2) is 5.71. The quantitative estimate of drug-likeness (QED) is 0.802. The largest absolute Gasteiger partial charge is 0.472 e. The van der Waals surface area contributed by atoms with Gasteiger partial charge in [-0.25, -0.2) is 9.97 Å². The normalized spacial score (nSPS) is 33.2. The summed E-state index contributed by atoms with van der Waals surface area (Å²) in [4.78, 5) is 22.8. The molecule has 1 aromatic heterocycles. The van der Waals surface area contributed by atoms with Gasteiger partial charge in [0.05, 0.1) is 6.54 Å². The number of carbonyl (C=O) groups is 1. The van der Waals surface area contributed by atoms with E-state index in [1.54, 1.807) is 12.3 Å². The van der Waals surface area contributed by atoms with Gasteiger partial charge in [0.25, 0.3) is 0 Å². The molecular formula is C17H21N3O2. The molecule has 4 unspecified atom stereocenters. The SMILES string of the molecule is O=C(C1CC2C=CC1C2)N1CCCC(Oc2ccncn2)C1. The standard InChI is InChI=1S/C17H21N3O2/c21-17(15-9-12-3-4-13(15)8-12)20-7-1-2-14(10-20)22-16-5-6-18-11-19-16/h3-6,11-15H,1-2,7-10H2. The fraction of sp³-hybridized carbons (Fsp3) is 0.588. The molecule has 3 aliphatic rings. The summed E-state index contributed by atoms with van der Waals surface area (Å²) in [7, 11) is 0. The number of ether oxygens (including phenoxy) is 1. The Balaban J connectivity index is 1.38. The van der Waals surface area contributed by atoms with Crippen molar-refractivity contribution in [3.8, 4) is 5.88 Å². The zero-order valence-corrected chi connectivity index (χ0v) is 12.6. The van der Waals surface area contributed by atoms with E-state index in [0.29, 0.717) is 30.2 Å². The van der Waals surface area contributed by atoms with E-state index < -0.39 is 0 Å². The van der Waals surface area contributed by atoms with E-state index in [4.69, 9.17) is 4.74 Å². The summed E-state index contributed by atoms with van der Waals surface area (Å²) in [6.45, 7) is 1.54. The topological polar surface area (TPSA) is 55.3 Å². The molecule has 0 N–H and O–H groups in total. The Morgan fingerprint density at radius 1 is 1.32 bits per heavy atom. The van der Waals surface area contributed by atoms with Crippen molar-refractivity contribution in [3.63, 3.8) is 0 Å². The van der Waals surface area contributed by atoms with E-state index in [9.17, 15) is 4.79 Å². The van der Waals surface area contributed by atoms with Crippen LogP contribution in [0, 0.1) is 17.8 Å². The summed E-state index contributed by atoms with van der Waals surface area (Å²) in [5.74, 6) is 2.23. The number of nitrogens with zero attached hydrogens (tertiary/aromatic N) is 3. The molecule has 1 saturated heterocycles. The van der Waals surface area contributed by atoms with Gasteiger partial charge < -0.3 is 9.64 Å². The van der Waals surface area contributed by atoms with Crippen molar-refractivity contribution >= 4 is 5.91 Å². The van der Waals surface area contributed by atoms with Crippen molar-refractivity contribution < 1.29 is 9.53 Å². The van der Waals surface area contributed by atoms with Crippen LogP contribution in [0.1, 0.15) is 25.7 Å². The molecule has 2 bridgehead atoms. The lowest BCUT2D eigenvalue weighted by atomic mass is 9.91. The van der Waals surface area contributed by atoms with Gasteiger partial charge in [0.2, 0.25) is 11.8 Å². The Bertz CT molecular complexity index is 575. The van der Waals surface area contributed by atoms with Crippen LogP contribution in [-0.2, 0) is 4.79 Å². The van der Waals surface area contributed by atoms with Crippen molar-refractivity contribution in [1.82, 2.24) is 14.9 Å². The molecule has 2 fully saturated rings. The van der Waals surface area contributed by atoms with Gasteiger partial charge in [-0.05, 0) is 37.5 Å². The average molecular weight is 299 g/mol. The molecule has 0 spiro atoms. The molecule has 5 nitrogen and oxygen atoms in total. The van der Waals surface area contributed by atoms with Gasteiger partial charge in [0.15, 0.2) is 0 Å². The van der Waals surface area contributed by atoms with Gasteiger partial charge in [-0.2, -0.15) is 0 Å². The fourth-order valence-corrected chi connectivity index (χ4v) is 4.05. The molecule has 1 amide bonds. The minimum Gasteiger partial charge on any atom is -0.472 e. The van der Waals surface area contributed by atoms with Crippen LogP contribution in [0.25, 0.3) is 0 Å². The Labute approximate surface area is 130 Å². The van der Waals surface area contributed by atoms with Gasteiger partial charge in [0.1, 0.15) is 12.4 Å². The number of piperidine rings is 1. The van der Waals surface area contributed by atoms with Crippen molar-refractivity contribution in [1.29, 1.82) is 0 Å². The number of fused-ring (bicyclic) bond motifs is 2. The number of amides is 1. The zero-order chi connectivity index (χ0) is 14.9. The number of carbonyl (C=O) groups excluding carboxylic acids is 1. The molecule has 0 aromatic carbocycles. The third kappa shape index (κ3) is 2.60. The van der Waals surface area contributed by atoms with Crippen LogP contribution >= 0.6 is 0 Å². The van der Waals surface area contributed by atoms with Crippen molar-refractivity contribution in [2.75, 3.05) is 13.1 Å². The molecule has 1 saturated carbocycles. The number of likely N-dealkylation sites (tertiary alicyclic amines) is 1. The number of aromatic nitrogens is 2. The minimum atomic E-state index is 0.0433. The van der Waals surface area contributed by atoms with Gasteiger partial charge in [-0.3, -0.25) is 4.79 Å². The first-order valence-electron chi connectivity index (χ1n) is 8.19. The summed E-state index contributed by atoms with van der Waals surface area (Å²) < 4.78 is 5.90. The van der Waals surface area contributed by atoms with E-state index in [-0.39, 0.29) is 12.0 Å². The predicted molar refractivity (Wildman–Crippen MR) is 81.1 cm³/mol. The maximum Gasteiger partial charge on any atom is 0.226 e. The van der Waals surface area contributed by atoms with E-state index in [1.807, 2.05) is 4.90 Å². The lowest BCUT2D eigenvalue weighted by molar-refractivity contribution is -0.139. The number of rotatable bonds is 3. The molecule has 2 aliphatic carbocycles. The summed E-state index contributed by atoms with van der Waals surface area (Å²) >= 11 is 0. The second-order valence-electron chi connectivity index (χ2n) is 6.60. The highest BCUT2D eigenvalue weighted by Crippen LogP contribution is 2.44. The lowest BCUT2D eigenvalue weighted by Crippen LogP contribution is -2.47. The van der Waals surface area contributed by atoms with E-state index >= 15 is 0 Å². The zero-order valence-electron chi connectivity index (χ0n) is 12.6. The van der Waals surface area contributed by atoms with Gasteiger partial charge in [0, 0.05) is 24.7 Å². The first-order valence-corrected chi connectivity index (χ1v) is 8.19. The van der Waals surface area contributed by atoms with E-state index in [1.165, 1.54) is 12.7 Å². The van der Waals surface area contributed by atoms with Crippen molar-refractivity contribution in [3.05, 3.63) is 30.7 Å². The average Bonchev–Trinajstić information content (AvgIpc) is 3.18. The molecule has 1 aliphatic heterocycles. The Morgan fingerprint density at radius 2 is 2.27 bits per heavy atom. The summed E-state index contributed by atoms with van der Waals surface area (Å²) in [5, 5.41) is 0. The van der Waals surface area contributed by atoms with E-state index in [2.05, 4.69) is 22.1 Å². The first-order chi connectivity index (χ1) is 10.8. The maximum absolute atomic E-state index is 12.8. The minimum absolute atomic E-state index is 0.0433. The third-order valence-electron chi connectivity index (χ3n) is 5.13. The summed E-state index contributed by atoms with van der Waals surface area (Å²) in [6.07, 6.45) is 11.9. The van der Waals surface area contributed by atoms with Gasteiger partial charge in [-0.15, -0.1) is 0 Å². The third-order valence-corrected chi connectivity index (χ3v) is 5.13. The highest BCUT2D eigenvalue weighted by Gasteiger charge is 2.42. The van der Waals surface area contributed by atoms with Crippen molar-refractivity contribution in [2.24, 2.45) is 17.8 Å². The number of hydrogen-bond acceptors (Lipinski definition) is 4. The van der Waals surface area contributed by atoms with E-state index in [0.717, 1.165) is 25.8 Å². The Kier molecular flexibility index (Phi) is 3.56. The Morgan fingerprint density at radius 3 is 3.00 bits per heavy atom. The molecule has 0 radical (unpaired) electrons. The first kappa shape index (κ1) is 13.7. The highest BCUT2D eigenvalue weighted by molar-refractivity contribution is 5.80.